The summed E-state index contributed by atoms with van der Waals surface area (Å²) < 4.78 is 18.7. The Kier molecular flexibility index (Phi) is 6.65. The molecule has 1 aliphatic rings. The highest BCUT2D eigenvalue weighted by Crippen LogP contribution is 2.33. The van der Waals surface area contributed by atoms with E-state index in [4.69, 9.17) is 4.52 Å². The highest BCUT2D eigenvalue weighted by atomic mass is 19.1. The Morgan fingerprint density at radius 2 is 1.96 bits per heavy atom. The monoisotopic (exact) mass is 362 g/mol. The summed E-state index contributed by atoms with van der Waals surface area (Å²) in [5.41, 5.74) is 1.50. The van der Waals surface area contributed by atoms with Crippen LogP contribution in [0.4, 0.5) is 4.39 Å². The molecular weight excluding hydrogens is 331 g/mol. The van der Waals surface area contributed by atoms with Gasteiger partial charge in [-0.15, -0.1) is 0 Å². The summed E-state index contributed by atoms with van der Waals surface area (Å²) in [5, 5.41) is 15.6. The first-order valence-corrected chi connectivity index (χ1v) is 10.1. The quantitative estimate of drug-likeness (QED) is 0.738. The van der Waals surface area contributed by atoms with Gasteiger partial charge < -0.3 is 14.5 Å². The normalized spacial score (nSPS) is 19.1. The predicted molar refractivity (Wildman–Crippen MR) is 102 cm³/mol. The number of piperidine rings is 1. The lowest BCUT2D eigenvalue weighted by Gasteiger charge is -2.35. The number of benzene rings is 1. The summed E-state index contributed by atoms with van der Waals surface area (Å²) in [5.74, 6) is 0.443. The predicted octanol–water partition coefficient (Wildman–Crippen LogP) is 4.72. The van der Waals surface area contributed by atoms with Crippen molar-refractivity contribution in [3.8, 4) is 0 Å². The molecule has 2 aromatic rings. The van der Waals surface area contributed by atoms with Crippen molar-refractivity contribution in [2.24, 2.45) is 5.92 Å². The fourth-order valence-electron chi connectivity index (χ4n) is 4.25. The molecule has 1 fully saturated rings. The summed E-state index contributed by atoms with van der Waals surface area (Å²) >= 11 is 0. The number of aromatic nitrogens is 1. The zero-order chi connectivity index (χ0) is 18.5. The van der Waals surface area contributed by atoms with E-state index in [2.05, 4.69) is 23.9 Å². The van der Waals surface area contributed by atoms with Crippen LogP contribution in [0.5, 0.6) is 0 Å². The molecule has 3 rings (SSSR count). The standard InChI is InChI=1S/C21H31FN2O2/c1-3-5-16(19(25)6-4-2)14-24-11-9-15(10-12-24)21-18-8-7-17(22)13-20(18)26-23-21/h7-8,13,15-16,19,25H,3-6,9-12,14H2,1-2H3. The topological polar surface area (TPSA) is 49.5 Å². The maximum atomic E-state index is 13.3. The van der Waals surface area contributed by atoms with Gasteiger partial charge in [0.1, 0.15) is 5.82 Å². The molecule has 0 bridgehead atoms. The van der Waals surface area contributed by atoms with Gasteiger partial charge in [0, 0.05) is 23.9 Å². The van der Waals surface area contributed by atoms with Crippen LogP contribution in [-0.4, -0.2) is 40.9 Å². The summed E-state index contributed by atoms with van der Waals surface area (Å²) in [6, 6.07) is 4.66. The van der Waals surface area contributed by atoms with E-state index in [0.717, 1.165) is 69.2 Å². The number of hydrogen-bond acceptors (Lipinski definition) is 4. The van der Waals surface area contributed by atoms with E-state index in [9.17, 15) is 9.50 Å². The third-order valence-corrected chi connectivity index (χ3v) is 5.72. The molecule has 2 unspecified atom stereocenters. The fraction of sp³-hybridized carbons (Fsp3) is 0.667. The summed E-state index contributed by atoms with van der Waals surface area (Å²) in [4.78, 5) is 2.48. The van der Waals surface area contributed by atoms with Crippen LogP contribution in [0.2, 0.25) is 0 Å². The molecule has 2 heterocycles. The van der Waals surface area contributed by atoms with Gasteiger partial charge in [0.05, 0.1) is 11.8 Å². The van der Waals surface area contributed by atoms with Crippen LogP contribution >= 0.6 is 0 Å². The number of fused-ring (bicyclic) bond motifs is 1. The van der Waals surface area contributed by atoms with Gasteiger partial charge in [-0.2, -0.15) is 0 Å². The third-order valence-electron chi connectivity index (χ3n) is 5.72. The molecule has 0 radical (unpaired) electrons. The molecule has 1 aliphatic heterocycles. The number of hydrogen-bond donors (Lipinski definition) is 1. The van der Waals surface area contributed by atoms with E-state index in [-0.39, 0.29) is 11.9 Å². The smallest absolute Gasteiger partial charge is 0.170 e. The average molecular weight is 362 g/mol. The molecule has 1 aromatic carbocycles. The van der Waals surface area contributed by atoms with Crippen molar-refractivity contribution in [1.82, 2.24) is 10.1 Å². The Morgan fingerprint density at radius 1 is 1.23 bits per heavy atom. The maximum Gasteiger partial charge on any atom is 0.170 e. The molecule has 0 aliphatic carbocycles. The first-order valence-electron chi connectivity index (χ1n) is 10.1. The van der Waals surface area contributed by atoms with Crippen molar-refractivity contribution < 1.29 is 14.0 Å². The fourth-order valence-corrected chi connectivity index (χ4v) is 4.25. The molecule has 1 N–H and O–H groups in total. The van der Waals surface area contributed by atoms with E-state index in [1.807, 2.05) is 0 Å². The Balaban J connectivity index is 1.59. The van der Waals surface area contributed by atoms with Gasteiger partial charge in [-0.1, -0.05) is 31.8 Å². The molecule has 0 spiro atoms. The summed E-state index contributed by atoms with van der Waals surface area (Å²) in [7, 11) is 0. The van der Waals surface area contributed by atoms with Gasteiger partial charge in [0.25, 0.3) is 0 Å². The van der Waals surface area contributed by atoms with Crippen LogP contribution < -0.4 is 0 Å². The van der Waals surface area contributed by atoms with E-state index >= 15 is 0 Å². The van der Waals surface area contributed by atoms with Gasteiger partial charge in [-0.05, 0) is 56.8 Å². The zero-order valence-corrected chi connectivity index (χ0v) is 16.0. The molecule has 4 nitrogen and oxygen atoms in total. The molecule has 1 saturated heterocycles. The van der Waals surface area contributed by atoms with Crippen LogP contribution in [0.25, 0.3) is 11.0 Å². The third kappa shape index (κ3) is 4.44. The van der Waals surface area contributed by atoms with Crippen LogP contribution in [-0.2, 0) is 0 Å². The Labute approximate surface area is 155 Å². The molecule has 2 atom stereocenters. The van der Waals surface area contributed by atoms with E-state index in [1.165, 1.54) is 12.1 Å². The molecular formula is C21H31FN2O2. The zero-order valence-electron chi connectivity index (χ0n) is 16.0. The second kappa shape index (κ2) is 8.96. The van der Waals surface area contributed by atoms with Gasteiger partial charge in [0.2, 0.25) is 0 Å². The number of nitrogens with zero attached hydrogens (tertiary/aromatic N) is 2. The maximum absolute atomic E-state index is 13.3. The van der Waals surface area contributed by atoms with Gasteiger partial charge in [0.15, 0.2) is 5.58 Å². The Hall–Kier alpha value is -1.46. The Bertz CT molecular complexity index is 694. The van der Waals surface area contributed by atoms with Crippen molar-refractivity contribution in [2.75, 3.05) is 19.6 Å². The highest BCUT2D eigenvalue weighted by Gasteiger charge is 2.27. The SMILES string of the molecule is CCCC(O)C(CCC)CN1CCC(c2noc3cc(F)ccc23)CC1. The number of halogens is 1. The lowest BCUT2D eigenvalue weighted by Crippen LogP contribution is -2.39. The number of likely N-dealkylation sites (tertiary alicyclic amines) is 1. The first kappa shape index (κ1) is 19.3. The average Bonchev–Trinajstić information content (AvgIpc) is 3.05. The van der Waals surface area contributed by atoms with Crippen molar-refractivity contribution in [2.45, 2.75) is 64.4 Å². The summed E-state index contributed by atoms with van der Waals surface area (Å²) in [6.45, 7) is 7.33. The van der Waals surface area contributed by atoms with Crippen molar-refractivity contribution >= 4 is 11.0 Å². The number of rotatable bonds is 8. The van der Waals surface area contributed by atoms with Crippen molar-refractivity contribution in [3.05, 3.63) is 29.7 Å². The van der Waals surface area contributed by atoms with Crippen LogP contribution in [0.3, 0.4) is 0 Å². The van der Waals surface area contributed by atoms with E-state index in [0.29, 0.717) is 17.4 Å². The van der Waals surface area contributed by atoms with Crippen LogP contribution in [0.1, 0.15) is 64.0 Å². The van der Waals surface area contributed by atoms with Gasteiger partial charge in [-0.25, -0.2) is 4.39 Å². The van der Waals surface area contributed by atoms with E-state index in [1.54, 1.807) is 6.07 Å². The minimum Gasteiger partial charge on any atom is -0.393 e. The van der Waals surface area contributed by atoms with E-state index < -0.39 is 0 Å². The number of aliphatic hydroxyl groups is 1. The summed E-state index contributed by atoms with van der Waals surface area (Å²) in [6.07, 6.45) is 5.99. The number of aliphatic hydroxyl groups excluding tert-OH is 1. The molecule has 144 valence electrons. The van der Waals surface area contributed by atoms with Crippen molar-refractivity contribution in [3.63, 3.8) is 0 Å². The van der Waals surface area contributed by atoms with Crippen molar-refractivity contribution in [1.29, 1.82) is 0 Å². The molecule has 0 amide bonds. The van der Waals surface area contributed by atoms with Gasteiger partial charge in [-0.3, -0.25) is 0 Å². The lowest BCUT2D eigenvalue weighted by atomic mass is 9.89. The highest BCUT2D eigenvalue weighted by molar-refractivity contribution is 5.79. The molecule has 0 saturated carbocycles. The second-order valence-electron chi connectivity index (χ2n) is 7.69. The molecule has 5 heteroatoms. The first-order chi connectivity index (χ1) is 12.6. The van der Waals surface area contributed by atoms with Crippen LogP contribution in [0, 0.1) is 11.7 Å². The lowest BCUT2D eigenvalue weighted by molar-refractivity contribution is 0.0593. The second-order valence-corrected chi connectivity index (χ2v) is 7.69. The van der Waals surface area contributed by atoms with Gasteiger partial charge >= 0.3 is 0 Å². The van der Waals surface area contributed by atoms with Crippen LogP contribution in [0.15, 0.2) is 22.7 Å². The molecule has 1 aromatic heterocycles. The minimum atomic E-state index is -0.289. The Morgan fingerprint density at radius 3 is 2.65 bits per heavy atom. The molecule has 26 heavy (non-hydrogen) atoms. The largest absolute Gasteiger partial charge is 0.393 e. The minimum absolute atomic E-state index is 0.188.